The van der Waals surface area contributed by atoms with Crippen LogP contribution in [0.1, 0.15) is 48.5 Å². The predicted octanol–water partition coefficient (Wildman–Crippen LogP) is 3.43. The maximum absolute atomic E-state index is 12.7. The monoisotopic (exact) mass is 324 g/mol. The van der Waals surface area contributed by atoms with Gasteiger partial charge in [-0.25, -0.2) is 0 Å². The van der Waals surface area contributed by atoms with E-state index in [1.165, 1.54) is 12.1 Å². The van der Waals surface area contributed by atoms with Crippen LogP contribution in [0.5, 0.6) is 0 Å². The Kier molecular flexibility index (Phi) is 4.14. The zero-order valence-electron chi connectivity index (χ0n) is 13.0. The molecular formula is C16H19F3N4. The van der Waals surface area contributed by atoms with Gasteiger partial charge in [-0.15, -0.1) is 5.10 Å². The molecule has 124 valence electrons. The van der Waals surface area contributed by atoms with E-state index in [4.69, 9.17) is 0 Å². The molecule has 4 nitrogen and oxygen atoms in total. The third kappa shape index (κ3) is 3.55. The lowest BCUT2D eigenvalue weighted by Crippen LogP contribution is -2.38. The molecule has 0 spiro atoms. The third-order valence-corrected chi connectivity index (χ3v) is 4.33. The second-order valence-corrected chi connectivity index (χ2v) is 6.23. The van der Waals surface area contributed by atoms with Crippen molar-refractivity contribution in [1.29, 1.82) is 0 Å². The van der Waals surface area contributed by atoms with Crippen molar-refractivity contribution in [1.82, 2.24) is 20.3 Å². The Morgan fingerprint density at radius 3 is 2.43 bits per heavy atom. The highest BCUT2D eigenvalue weighted by Crippen LogP contribution is 2.37. The lowest BCUT2D eigenvalue weighted by molar-refractivity contribution is -0.137. The van der Waals surface area contributed by atoms with Crippen LogP contribution in [0.2, 0.25) is 0 Å². The molecule has 0 bridgehead atoms. The number of aryl methyl sites for hydroxylation is 1. The van der Waals surface area contributed by atoms with Gasteiger partial charge in [-0.1, -0.05) is 17.3 Å². The van der Waals surface area contributed by atoms with Crippen LogP contribution in [0.15, 0.2) is 30.5 Å². The number of hydrogen-bond acceptors (Lipinski definition) is 3. The van der Waals surface area contributed by atoms with Gasteiger partial charge in [-0.3, -0.25) is 4.68 Å². The molecule has 7 heteroatoms. The van der Waals surface area contributed by atoms with Gasteiger partial charge in [0.25, 0.3) is 0 Å². The molecule has 1 aliphatic heterocycles. The molecule has 23 heavy (non-hydrogen) atoms. The topological polar surface area (TPSA) is 42.7 Å². The van der Waals surface area contributed by atoms with Crippen molar-refractivity contribution in [2.24, 2.45) is 7.05 Å². The van der Waals surface area contributed by atoms with Gasteiger partial charge in [-0.05, 0) is 43.4 Å². The molecule has 3 atom stereocenters. The number of nitrogens with zero attached hydrogens (tertiary/aromatic N) is 3. The molecule has 2 heterocycles. The molecule has 3 rings (SSSR count). The van der Waals surface area contributed by atoms with E-state index in [0.717, 1.165) is 24.1 Å². The molecule has 0 unspecified atom stereocenters. The number of benzene rings is 1. The van der Waals surface area contributed by atoms with Crippen LogP contribution in [-0.4, -0.2) is 21.0 Å². The van der Waals surface area contributed by atoms with Gasteiger partial charge in [0.1, 0.15) is 0 Å². The lowest BCUT2D eigenvalue weighted by atomic mass is 9.82. The van der Waals surface area contributed by atoms with E-state index < -0.39 is 11.7 Å². The second-order valence-electron chi connectivity index (χ2n) is 6.23. The number of aromatic nitrogens is 3. The van der Waals surface area contributed by atoms with E-state index in [0.29, 0.717) is 0 Å². The van der Waals surface area contributed by atoms with E-state index in [9.17, 15) is 13.2 Å². The molecule has 0 amide bonds. The molecule has 2 aromatic rings. The van der Waals surface area contributed by atoms with Crippen molar-refractivity contribution < 1.29 is 13.2 Å². The number of piperidine rings is 1. The Hall–Kier alpha value is -1.89. The largest absolute Gasteiger partial charge is 0.416 e. The Bertz CT molecular complexity index is 663. The summed E-state index contributed by atoms with van der Waals surface area (Å²) >= 11 is 0. The molecule has 1 aromatic carbocycles. The summed E-state index contributed by atoms with van der Waals surface area (Å²) < 4.78 is 39.7. The van der Waals surface area contributed by atoms with Crippen molar-refractivity contribution in [2.45, 2.75) is 43.9 Å². The summed E-state index contributed by atoms with van der Waals surface area (Å²) in [5, 5.41) is 11.6. The van der Waals surface area contributed by atoms with Crippen molar-refractivity contribution >= 4 is 0 Å². The number of nitrogens with one attached hydrogen (secondary N) is 1. The van der Waals surface area contributed by atoms with Gasteiger partial charge in [-0.2, -0.15) is 13.2 Å². The summed E-state index contributed by atoms with van der Waals surface area (Å²) in [5.74, 6) is 0.209. The summed E-state index contributed by atoms with van der Waals surface area (Å²) in [6.45, 7) is 2.08. The minimum atomic E-state index is -4.29. The highest BCUT2D eigenvalue weighted by atomic mass is 19.4. The fourth-order valence-electron chi connectivity index (χ4n) is 3.23. The van der Waals surface area contributed by atoms with Crippen LogP contribution in [0.3, 0.4) is 0 Å². The van der Waals surface area contributed by atoms with Gasteiger partial charge in [0.05, 0.1) is 17.3 Å². The Balaban J connectivity index is 1.79. The van der Waals surface area contributed by atoms with Crippen LogP contribution < -0.4 is 5.32 Å². The van der Waals surface area contributed by atoms with Crippen LogP contribution >= 0.6 is 0 Å². The van der Waals surface area contributed by atoms with Crippen LogP contribution in [0.4, 0.5) is 13.2 Å². The number of alkyl halides is 3. The molecule has 0 saturated carbocycles. The van der Waals surface area contributed by atoms with Crippen molar-refractivity contribution in [3.8, 4) is 0 Å². The van der Waals surface area contributed by atoms with Gasteiger partial charge in [0.2, 0.25) is 0 Å². The molecule has 0 radical (unpaired) electrons. The van der Waals surface area contributed by atoms with Crippen molar-refractivity contribution in [2.75, 3.05) is 0 Å². The van der Waals surface area contributed by atoms with E-state index in [1.807, 2.05) is 13.2 Å². The van der Waals surface area contributed by atoms with Gasteiger partial charge < -0.3 is 5.32 Å². The number of halogens is 3. The highest BCUT2D eigenvalue weighted by Gasteiger charge is 2.32. The predicted molar refractivity (Wildman–Crippen MR) is 79.8 cm³/mol. The summed E-state index contributed by atoms with van der Waals surface area (Å²) in [4.78, 5) is 0. The normalized spacial score (nSPS) is 25.5. The first-order chi connectivity index (χ1) is 10.8. The van der Waals surface area contributed by atoms with Gasteiger partial charge in [0, 0.05) is 19.3 Å². The Morgan fingerprint density at radius 2 is 1.87 bits per heavy atom. The molecule has 0 aliphatic carbocycles. The third-order valence-electron chi connectivity index (χ3n) is 4.33. The summed E-state index contributed by atoms with van der Waals surface area (Å²) in [7, 11) is 1.82. The minimum Gasteiger partial charge on any atom is -0.306 e. The standard InChI is InChI=1S/C16H19F3N4/c1-10-7-12(8-14(20-10)15-9-23(2)22-21-15)11-3-5-13(6-4-11)16(17,18)19/h3-6,9-10,12,14,20H,7-8H2,1-2H3/t10-,12+,14-/m0/s1. The molecule has 1 aliphatic rings. The minimum absolute atomic E-state index is 0.0692. The highest BCUT2D eigenvalue weighted by molar-refractivity contribution is 5.28. The van der Waals surface area contributed by atoms with Crippen molar-refractivity contribution in [3.63, 3.8) is 0 Å². The average molecular weight is 324 g/mol. The smallest absolute Gasteiger partial charge is 0.306 e. The quantitative estimate of drug-likeness (QED) is 0.920. The van der Waals surface area contributed by atoms with E-state index in [-0.39, 0.29) is 18.0 Å². The maximum atomic E-state index is 12.7. The molecular weight excluding hydrogens is 305 g/mol. The fourth-order valence-corrected chi connectivity index (χ4v) is 3.23. The summed E-state index contributed by atoms with van der Waals surface area (Å²) in [6, 6.07) is 5.86. The first-order valence-electron chi connectivity index (χ1n) is 7.62. The maximum Gasteiger partial charge on any atom is 0.416 e. The molecule has 1 N–H and O–H groups in total. The van der Waals surface area contributed by atoms with Crippen molar-refractivity contribution in [3.05, 3.63) is 47.3 Å². The molecule has 1 fully saturated rings. The van der Waals surface area contributed by atoms with E-state index >= 15 is 0 Å². The number of rotatable bonds is 2. The van der Waals surface area contributed by atoms with Crippen LogP contribution in [-0.2, 0) is 13.2 Å². The van der Waals surface area contributed by atoms with E-state index in [2.05, 4.69) is 22.6 Å². The van der Waals surface area contributed by atoms with Gasteiger partial charge >= 0.3 is 6.18 Å². The van der Waals surface area contributed by atoms with E-state index in [1.54, 1.807) is 16.8 Å². The first-order valence-corrected chi connectivity index (χ1v) is 7.62. The molecule has 1 saturated heterocycles. The molecule has 1 aromatic heterocycles. The van der Waals surface area contributed by atoms with Gasteiger partial charge in [0.15, 0.2) is 0 Å². The van der Waals surface area contributed by atoms with Crippen LogP contribution in [0, 0.1) is 0 Å². The SMILES string of the molecule is C[C@H]1C[C@@H](c2ccc(C(F)(F)F)cc2)C[C@@H](c2cn(C)nn2)N1. The summed E-state index contributed by atoms with van der Waals surface area (Å²) in [5.41, 5.74) is 1.21. The Labute approximate surface area is 132 Å². The summed E-state index contributed by atoms with van der Waals surface area (Å²) in [6.07, 6.45) is -0.724. The Morgan fingerprint density at radius 1 is 1.17 bits per heavy atom. The second kappa shape index (κ2) is 5.96. The average Bonchev–Trinajstić information content (AvgIpc) is 2.92. The van der Waals surface area contributed by atoms with Crippen LogP contribution in [0.25, 0.3) is 0 Å². The lowest BCUT2D eigenvalue weighted by Gasteiger charge is -2.34. The zero-order chi connectivity index (χ0) is 16.6. The fraction of sp³-hybridized carbons (Fsp3) is 0.500. The zero-order valence-corrected chi connectivity index (χ0v) is 13.0. The number of hydrogen-bond donors (Lipinski definition) is 1. The first kappa shape index (κ1) is 16.0.